The van der Waals surface area contributed by atoms with E-state index in [1.54, 1.807) is 32.0 Å². The van der Waals surface area contributed by atoms with Crippen LogP contribution in [-0.2, 0) is 19.9 Å². The molecular formula is C12H12Cl2O3. The van der Waals surface area contributed by atoms with Gasteiger partial charge in [-0.25, -0.2) is 4.79 Å². The van der Waals surface area contributed by atoms with Crippen molar-refractivity contribution in [2.45, 2.75) is 25.0 Å². The van der Waals surface area contributed by atoms with Gasteiger partial charge >= 0.3 is 5.97 Å². The monoisotopic (exact) mass is 274 g/mol. The van der Waals surface area contributed by atoms with Gasteiger partial charge in [-0.15, -0.1) is 0 Å². The predicted octanol–water partition coefficient (Wildman–Crippen LogP) is 3.17. The van der Waals surface area contributed by atoms with E-state index in [9.17, 15) is 4.79 Å². The van der Waals surface area contributed by atoms with Crippen LogP contribution in [0.5, 0.6) is 0 Å². The molecule has 1 fully saturated rings. The lowest BCUT2D eigenvalue weighted by atomic mass is 9.89. The Kier molecular flexibility index (Phi) is 2.89. The molecule has 17 heavy (non-hydrogen) atoms. The number of esters is 1. The second-order valence-electron chi connectivity index (χ2n) is 4.28. The van der Waals surface area contributed by atoms with Crippen LogP contribution in [0.4, 0.5) is 0 Å². The first kappa shape index (κ1) is 12.7. The van der Waals surface area contributed by atoms with Crippen LogP contribution < -0.4 is 0 Å². The Morgan fingerprint density at radius 2 is 2.00 bits per heavy atom. The maximum atomic E-state index is 11.7. The molecule has 0 N–H and O–H groups in total. The molecule has 2 rings (SSSR count). The molecule has 1 aromatic carbocycles. The Labute approximate surface area is 110 Å². The van der Waals surface area contributed by atoms with Crippen molar-refractivity contribution < 1.29 is 14.3 Å². The van der Waals surface area contributed by atoms with Gasteiger partial charge in [-0.05, 0) is 32.0 Å². The molecule has 2 unspecified atom stereocenters. The lowest BCUT2D eigenvalue weighted by Gasteiger charge is -2.13. The molecule has 0 saturated carbocycles. The molecule has 0 aromatic heterocycles. The number of hydrogen-bond donors (Lipinski definition) is 0. The van der Waals surface area contributed by atoms with E-state index in [4.69, 9.17) is 32.7 Å². The van der Waals surface area contributed by atoms with Crippen LogP contribution in [0.15, 0.2) is 18.2 Å². The van der Waals surface area contributed by atoms with Gasteiger partial charge in [-0.1, -0.05) is 23.2 Å². The molecule has 1 aliphatic rings. The quantitative estimate of drug-likeness (QED) is 0.614. The van der Waals surface area contributed by atoms with Crippen molar-refractivity contribution in [3.8, 4) is 0 Å². The highest BCUT2D eigenvalue weighted by molar-refractivity contribution is 6.33. The van der Waals surface area contributed by atoms with E-state index < -0.39 is 17.2 Å². The average molecular weight is 275 g/mol. The molecule has 1 saturated heterocycles. The number of rotatable bonds is 2. The maximum absolute atomic E-state index is 11.7. The fraction of sp³-hybridized carbons (Fsp3) is 0.417. The third-order valence-corrected chi connectivity index (χ3v) is 3.86. The number of epoxide rings is 1. The summed E-state index contributed by atoms with van der Waals surface area (Å²) in [6, 6.07) is 5.08. The van der Waals surface area contributed by atoms with Crippen LogP contribution in [0, 0.1) is 0 Å². The van der Waals surface area contributed by atoms with Crippen molar-refractivity contribution in [2.75, 3.05) is 7.11 Å². The Hall–Kier alpha value is -0.770. The van der Waals surface area contributed by atoms with Crippen molar-refractivity contribution in [3.05, 3.63) is 33.8 Å². The van der Waals surface area contributed by atoms with E-state index in [0.717, 1.165) is 0 Å². The molecule has 0 aliphatic carbocycles. The van der Waals surface area contributed by atoms with Crippen molar-refractivity contribution >= 4 is 29.2 Å². The van der Waals surface area contributed by atoms with Gasteiger partial charge in [0, 0.05) is 15.6 Å². The fourth-order valence-corrected chi connectivity index (χ4v) is 2.46. The molecule has 0 radical (unpaired) electrons. The van der Waals surface area contributed by atoms with Gasteiger partial charge in [-0.3, -0.25) is 0 Å². The number of halogens is 2. The summed E-state index contributed by atoms with van der Waals surface area (Å²) in [6.45, 7) is 3.47. The largest absolute Gasteiger partial charge is 0.467 e. The van der Waals surface area contributed by atoms with Gasteiger partial charge in [0.1, 0.15) is 5.60 Å². The summed E-state index contributed by atoms with van der Waals surface area (Å²) >= 11 is 12.0. The van der Waals surface area contributed by atoms with Crippen LogP contribution >= 0.6 is 23.2 Å². The molecule has 0 spiro atoms. The lowest BCUT2D eigenvalue weighted by Crippen LogP contribution is -2.29. The van der Waals surface area contributed by atoms with E-state index >= 15 is 0 Å². The van der Waals surface area contributed by atoms with Crippen LogP contribution in [0.25, 0.3) is 0 Å². The van der Waals surface area contributed by atoms with Crippen molar-refractivity contribution in [2.24, 2.45) is 0 Å². The first-order chi connectivity index (χ1) is 7.85. The van der Waals surface area contributed by atoms with E-state index in [1.807, 2.05) is 0 Å². The average Bonchev–Trinajstić information content (AvgIpc) is 2.86. The highest BCUT2D eigenvalue weighted by Gasteiger charge is 2.71. The van der Waals surface area contributed by atoms with Gasteiger partial charge in [0.25, 0.3) is 0 Å². The zero-order valence-corrected chi connectivity index (χ0v) is 11.2. The summed E-state index contributed by atoms with van der Waals surface area (Å²) in [4.78, 5) is 11.7. The summed E-state index contributed by atoms with van der Waals surface area (Å²) < 4.78 is 10.3. The Bertz CT molecular complexity index is 489. The van der Waals surface area contributed by atoms with Crippen molar-refractivity contribution in [1.29, 1.82) is 0 Å². The number of hydrogen-bond acceptors (Lipinski definition) is 3. The Morgan fingerprint density at radius 3 is 2.59 bits per heavy atom. The van der Waals surface area contributed by atoms with E-state index in [0.29, 0.717) is 15.6 Å². The second kappa shape index (κ2) is 3.87. The highest BCUT2D eigenvalue weighted by Crippen LogP contribution is 2.57. The van der Waals surface area contributed by atoms with Crippen molar-refractivity contribution in [1.82, 2.24) is 0 Å². The van der Waals surface area contributed by atoms with Crippen molar-refractivity contribution in [3.63, 3.8) is 0 Å². The van der Waals surface area contributed by atoms with Crippen LogP contribution in [0.1, 0.15) is 19.4 Å². The smallest absolute Gasteiger partial charge is 0.341 e. The SMILES string of the molecule is COC(=O)C1(C)OC1(C)c1cc(Cl)ccc1Cl. The molecule has 0 bridgehead atoms. The molecule has 3 nitrogen and oxygen atoms in total. The summed E-state index contributed by atoms with van der Waals surface area (Å²) in [5.74, 6) is -0.420. The molecule has 2 atom stereocenters. The van der Waals surface area contributed by atoms with E-state index in [1.165, 1.54) is 7.11 Å². The maximum Gasteiger partial charge on any atom is 0.341 e. The molecule has 1 aromatic rings. The van der Waals surface area contributed by atoms with E-state index in [2.05, 4.69) is 0 Å². The molecular weight excluding hydrogens is 263 g/mol. The summed E-state index contributed by atoms with van der Waals surface area (Å²) in [7, 11) is 1.33. The third-order valence-electron chi connectivity index (χ3n) is 3.29. The van der Waals surface area contributed by atoms with Gasteiger partial charge in [0.2, 0.25) is 0 Å². The minimum absolute atomic E-state index is 0.420. The van der Waals surface area contributed by atoms with Crippen LogP contribution in [0.2, 0.25) is 10.0 Å². The molecule has 0 amide bonds. The molecule has 5 heteroatoms. The number of carbonyl (C=O) groups excluding carboxylic acids is 1. The number of carbonyl (C=O) groups is 1. The van der Waals surface area contributed by atoms with Gasteiger partial charge in [0.15, 0.2) is 5.60 Å². The van der Waals surface area contributed by atoms with Crippen LogP contribution in [-0.4, -0.2) is 18.7 Å². The first-order valence-electron chi connectivity index (χ1n) is 5.09. The number of methoxy groups -OCH3 is 1. The minimum Gasteiger partial charge on any atom is -0.467 e. The van der Waals surface area contributed by atoms with Crippen LogP contribution in [0.3, 0.4) is 0 Å². The van der Waals surface area contributed by atoms with E-state index in [-0.39, 0.29) is 0 Å². The molecule has 1 heterocycles. The zero-order chi connectivity index (χ0) is 12.8. The Balaban J connectivity index is 2.43. The summed E-state index contributed by atoms with van der Waals surface area (Å²) in [5.41, 5.74) is -1.10. The number of benzene rings is 1. The van der Waals surface area contributed by atoms with Gasteiger partial charge in [-0.2, -0.15) is 0 Å². The Morgan fingerprint density at radius 1 is 1.35 bits per heavy atom. The summed E-state index contributed by atoms with van der Waals surface area (Å²) in [5, 5.41) is 1.07. The predicted molar refractivity (Wildman–Crippen MR) is 65.3 cm³/mol. The summed E-state index contributed by atoms with van der Waals surface area (Å²) in [6.07, 6.45) is 0. The third kappa shape index (κ3) is 1.73. The highest BCUT2D eigenvalue weighted by atomic mass is 35.5. The molecule has 1 aliphatic heterocycles. The standard InChI is InChI=1S/C12H12Cl2O3/c1-11(12(2,17-11)10(15)16-3)8-6-7(13)4-5-9(8)14/h4-6H,1-3H3. The number of ether oxygens (including phenoxy) is 2. The second-order valence-corrected chi connectivity index (χ2v) is 5.13. The normalized spacial score (nSPS) is 31.1. The lowest BCUT2D eigenvalue weighted by molar-refractivity contribution is -0.146. The van der Waals surface area contributed by atoms with Gasteiger partial charge in [0.05, 0.1) is 7.11 Å². The topological polar surface area (TPSA) is 38.8 Å². The first-order valence-corrected chi connectivity index (χ1v) is 5.85. The minimum atomic E-state index is -1.00. The fourth-order valence-electron chi connectivity index (χ4n) is 1.99. The van der Waals surface area contributed by atoms with Gasteiger partial charge < -0.3 is 9.47 Å². The zero-order valence-electron chi connectivity index (χ0n) is 9.71. The molecule has 92 valence electrons.